The molecule has 1 aliphatic heterocycles. The van der Waals surface area contributed by atoms with Gasteiger partial charge in [0, 0.05) is 31.9 Å². The Balaban J connectivity index is 1.54. The number of rotatable bonds is 6. The van der Waals surface area contributed by atoms with Crippen molar-refractivity contribution < 1.29 is 14.3 Å². The lowest BCUT2D eigenvalue weighted by atomic mass is 9.89. The van der Waals surface area contributed by atoms with Gasteiger partial charge >= 0.3 is 5.97 Å². The van der Waals surface area contributed by atoms with Crippen molar-refractivity contribution in [3.63, 3.8) is 0 Å². The predicted octanol–water partition coefficient (Wildman–Crippen LogP) is 4.20. The van der Waals surface area contributed by atoms with Crippen LogP contribution in [0.3, 0.4) is 0 Å². The zero-order valence-corrected chi connectivity index (χ0v) is 15.5. The number of carbonyl (C=O) groups is 1. The maximum Gasteiger partial charge on any atom is 0.364 e. The van der Waals surface area contributed by atoms with Crippen LogP contribution in [0.4, 0.5) is 10.2 Å². The molecule has 1 aliphatic carbocycles. The molecule has 1 atom stereocenters. The smallest absolute Gasteiger partial charge is 0.364 e. The number of nitrogens with zero attached hydrogens (tertiary/aromatic N) is 2. The average molecular weight is 382 g/mol. The highest BCUT2D eigenvalue weighted by atomic mass is 35.5. The van der Waals surface area contributed by atoms with Crippen LogP contribution in [-0.2, 0) is 4.79 Å². The van der Waals surface area contributed by atoms with Gasteiger partial charge in [-0.3, -0.25) is 0 Å². The molecule has 0 spiro atoms. The van der Waals surface area contributed by atoms with E-state index in [0.29, 0.717) is 22.4 Å². The number of pyridine rings is 1. The van der Waals surface area contributed by atoms with Gasteiger partial charge in [-0.1, -0.05) is 30.9 Å². The van der Waals surface area contributed by atoms with Crippen LogP contribution in [0, 0.1) is 5.92 Å². The lowest BCUT2D eigenvalue weighted by molar-refractivity contribution is -0.134. The van der Waals surface area contributed by atoms with Crippen LogP contribution in [0.2, 0.25) is 5.02 Å². The third kappa shape index (κ3) is 5.17. The standard InChI is InChI=1S/C19H25ClFN3O2/c20-16-8-14(9-17(21)19(25)26)10-22-18(16)23-15-6-7-24(12-15)11-13-4-2-1-3-5-13/h8-10,13,15H,1-7,11-12H2,(H,22,23)(H,25,26)/b17-9+/t15-/m1/s1. The number of hydrogen-bond acceptors (Lipinski definition) is 4. The van der Waals surface area contributed by atoms with Gasteiger partial charge in [-0.25, -0.2) is 9.78 Å². The van der Waals surface area contributed by atoms with E-state index in [1.54, 1.807) is 0 Å². The van der Waals surface area contributed by atoms with E-state index in [1.807, 2.05) is 0 Å². The van der Waals surface area contributed by atoms with Gasteiger partial charge in [-0.2, -0.15) is 4.39 Å². The number of aromatic nitrogens is 1. The van der Waals surface area contributed by atoms with Crippen LogP contribution in [-0.4, -0.2) is 46.6 Å². The van der Waals surface area contributed by atoms with Crippen molar-refractivity contribution in [3.8, 4) is 0 Å². The molecular formula is C19H25ClFN3O2. The maximum atomic E-state index is 13.2. The molecule has 0 radical (unpaired) electrons. The highest BCUT2D eigenvalue weighted by Gasteiger charge is 2.26. The van der Waals surface area contributed by atoms with Crippen molar-refractivity contribution in [2.45, 2.75) is 44.6 Å². The van der Waals surface area contributed by atoms with Crippen molar-refractivity contribution in [1.29, 1.82) is 0 Å². The van der Waals surface area contributed by atoms with Crippen molar-refractivity contribution in [2.75, 3.05) is 25.0 Å². The van der Waals surface area contributed by atoms with Crippen molar-refractivity contribution >= 4 is 29.5 Å². The van der Waals surface area contributed by atoms with Crippen LogP contribution in [0.1, 0.15) is 44.1 Å². The number of carboxylic acid groups (broad SMARTS) is 1. The zero-order valence-electron chi connectivity index (χ0n) is 14.8. The van der Waals surface area contributed by atoms with Crippen LogP contribution >= 0.6 is 11.6 Å². The summed E-state index contributed by atoms with van der Waals surface area (Å²) in [5, 5.41) is 12.3. The second kappa shape index (κ2) is 8.82. The number of nitrogens with one attached hydrogen (secondary N) is 1. The van der Waals surface area contributed by atoms with Gasteiger partial charge in [-0.15, -0.1) is 0 Å². The monoisotopic (exact) mass is 381 g/mol. The fourth-order valence-corrected chi connectivity index (χ4v) is 4.12. The minimum absolute atomic E-state index is 0.292. The van der Waals surface area contributed by atoms with E-state index in [2.05, 4.69) is 15.2 Å². The molecule has 1 aromatic heterocycles. The lowest BCUT2D eigenvalue weighted by Gasteiger charge is -2.26. The van der Waals surface area contributed by atoms with Gasteiger partial charge < -0.3 is 15.3 Å². The summed E-state index contributed by atoms with van der Waals surface area (Å²) < 4.78 is 13.2. The van der Waals surface area contributed by atoms with E-state index in [9.17, 15) is 9.18 Å². The van der Waals surface area contributed by atoms with E-state index in [1.165, 1.54) is 50.9 Å². The van der Waals surface area contributed by atoms with E-state index in [4.69, 9.17) is 16.7 Å². The summed E-state index contributed by atoms with van der Waals surface area (Å²) in [5.74, 6) is -1.45. The summed E-state index contributed by atoms with van der Waals surface area (Å²) in [4.78, 5) is 17.3. The first-order chi connectivity index (χ1) is 12.5. The third-order valence-corrected chi connectivity index (χ3v) is 5.50. The Kier molecular flexibility index (Phi) is 6.48. The molecule has 1 aromatic rings. The Labute approximate surface area is 158 Å². The summed E-state index contributed by atoms with van der Waals surface area (Å²) in [7, 11) is 0. The first-order valence-corrected chi connectivity index (χ1v) is 9.64. The quantitative estimate of drug-likeness (QED) is 0.723. The van der Waals surface area contributed by atoms with E-state index in [-0.39, 0.29) is 0 Å². The molecule has 1 saturated heterocycles. The van der Waals surface area contributed by atoms with Crippen LogP contribution in [0.25, 0.3) is 6.08 Å². The number of hydrogen-bond donors (Lipinski definition) is 2. The molecule has 0 amide bonds. The summed E-state index contributed by atoms with van der Waals surface area (Å²) in [5.41, 5.74) is 0.325. The molecule has 3 rings (SSSR count). The Bertz CT molecular complexity index is 677. The normalized spacial score (nSPS) is 22.5. The van der Waals surface area contributed by atoms with Gasteiger partial charge in [0.15, 0.2) is 0 Å². The molecule has 2 heterocycles. The van der Waals surface area contributed by atoms with Crippen molar-refractivity contribution in [1.82, 2.24) is 9.88 Å². The van der Waals surface area contributed by atoms with Crippen LogP contribution < -0.4 is 5.32 Å². The average Bonchev–Trinajstić information content (AvgIpc) is 3.05. The van der Waals surface area contributed by atoms with E-state index in [0.717, 1.165) is 31.5 Å². The maximum absolute atomic E-state index is 13.2. The minimum atomic E-state index is -1.60. The molecule has 26 heavy (non-hydrogen) atoms. The van der Waals surface area contributed by atoms with Crippen molar-refractivity contribution in [3.05, 3.63) is 28.7 Å². The summed E-state index contributed by atoms with van der Waals surface area (Å²) in [6, 6.07) is 1.81. The van der Waals surface area contributed by atoms with Crippen LogP contribution in [0.15, 0.2) is 18.1 Å². The fraction of sp³-hybridized carbons (Fsp3) is 0.579. The molecule has 2 aliphatic rings. The van der Waals surface area contributed by atoms with Gasteiger partial charge in [0.1, 0.15) is 5.82 Å². The van der Waals surface area contributed by atoms with E-state index < -0.39 is 11.8 Å². The Morgan fingerprint density at radius 2 is 2.15 bits per heavy atom. The number of likely N-dealkylation sites (tertiary alicyclic amines) is 1. The summed E-state index contributed by atoms with van der Waals surface area (Å²) >= 11 is 6.23. The van der Waals surface area contributed by atoms with Gasteiger partial charge in [-0.05, 0) is 42.9 Å². The van der Waals surface area contributed by atoms with Gasteiger partial charge in [0.2, 0.25) is 5.83 Å². The molecule has 2 N–H and O–H groups in total. The largest absolute Gasteiger partial charge is 0.476 e. The highest BCUT2D eigenvalue weighted by Crippen LogP contribution is 2.27. The molecule has 142 valence electrons. The Morgan fingerprint density at radius 1 is 1.38 bits per heavy atom. The number of aliphatic carboxylic acids is 1. The molecule has 0 unspecified atom stereocenters. The van der Waals surface area contributed by atoms with Gasteiger partial charge in [0.05, 0.1) is 5.02 Å². The fourth-order valence-electron chi connectivity index (χ4n) is 3.89. The molecule has 0 aromatic carbocycles. The molecular weight excluding hydrogens is 357 g/mol. The third-order valence-electron chi connectivity index (χ3n) is 5.21. The lowest BCUT2D eigenvalue weighted by Crippen LogP contribution is -2.31. The number of halogens is 2. The molecule has 5 nitrogen and oxygen atoms in total. The first kappa shape index (κ1) is 19.1. The SMILES string of the molecule is O=C(O)/C(F)=C\c1cnc(N[C@@H]2CCN(CC3CCCCC3)C2)c(Cl)c1. The summed E-state index contributed by atoms with van der Waals surface area (Å²) in [6.07, 6.45) is 10.2. The second-order valence-corrected chi connectivity index (χ2v) is 7.70. The summed E-state index contributed by atoms with van der Waals surface area (Å²) in [6.45, 7) is 3.23. The van der Waals surface area contributed by atoms with Crippen molar-refractivity contribution in [2.24, 2.45) is 5.92 Å². The Morgan fingerprint density at radius 3 is 2.85 bits per heavy atom. The van der Waals surface area contributed by atoms with Crippen LogP contribution in [0.5, 0.6) is 0 Å². The second-order valence-electron chi connectivity index (χ2n) is 7.29. The predicted molar refractivity (Wildman–Crippen MR) is 101 cm³/mol. The number of anilines is 1. The highest BCUT2D eigenvalue weighted by molar-refractivity contribution is 6.33. The minimum Gasteiger partial charge on any atom is -0.476 e. The molecule has 2 fully saturated rings. The Hall–Kier alpha value is -1.66. The van der Waals surface area contributed by atoms with Gasteiger partial charge in [0.25, 0.3) is 0 Å². The number of carboxylic acids is 1. The topological polar surface area (TPSA) is 65.5 Å². The first-order valence-electron chi connectivity index (χ1n) is 9.26. The molecule has 7 heteroatoms. The zero-order chi connectivity index (χ0) is 18.5. The van der Waals surface area contributed by atoms with E-state index >= 15 is 0 Å². The molecule has 1 saturated carbocycles. The molecule has 0 bridgehead atoms.